The zero-order valence-electron chi connectivity index (χ0n) is 10.4. The number of phenols is 2. The molecule has 0 heterocycles. The highest BCUT2D eigenvalue weighted by Crippen LogP contribution is 2.62. The Hall–Kier alpha value is -1.70. The number of aromatic hydroxyl groups is 2. The fourth-order valence-electron chi connectivity index (χ4n) is 4.12. The van der Waals surface area contributed by atoms with Gasteiger partial charge in [-0.2, -0.15) is 0 Å². The fraction of sp³-hybridized carbons (Fsp3) is 0.375. The smallest absolute Gasteiger partial charge is 0.127 e. The topological polar surface area (TPSA) is 40.5 Å². The second kappa shape index (κ2) is 3.19. The van der Waals surface area contributed by atoms with Crippen LogP contribution in [0.25, 0.3) is 10.8 Å². The molecule has 2 bridgehead atoms. The van der Waals surface area contributed by atoms with Crippen LogP contribution in [0, 0.1) is 5.92 Å². The van der Waals surface area contributed by atoms with Crippen molar-refractivity contribution >= 4 is 10.8 Å². The van der Waals surface area contributed by atoms with Crippen LogP contribution >= 0.6 is 0 Å². The SMILES string of the molecule is CC1CC2CC1c1c2c(O)c2ccccc2c1O. The van der Waals surface area contributed by atoms with Crippen molar-refractivity contribution in [1.29, 1.82) is 0 Å². The van der Waals surface area contributed by atoms with Gasteiger partial charge >= 0.3 is 0 Å². The molecule has 4 rings (SSSR count). The molecule has 1 saturated carbocycles. The zero-order valence-corrected chi connectivity index (χ0v) is 10.4. The highest BCUT2D eigenvalue weighted by molar-refractivity contribution is 5.96. The largest absolute Gasteiger partial charge is 0.507 e. The molecule has 0 aromatic heterocycles. The summed E-state index contributed by atoms with van der Waals surface area (Å²) in [5.41, 5.74) is 2.05. The first kappa shape index (κ1) is 10.2. The maximum atomic E-state index is 10.5. The quantitative estimate of drug-likeness (QED) is 0.686. The monoisotopic (exact) mass is 240 g/mol. The van der Waals surface area contributed by atoms with Crippen molar-refractivity contribution in [3.63, 3.8) is 0 Å². The predicted octanol–water partition coefficient (Wildman–Crippen LogP) is 3.86. The summed E-state index contributed by atoms with van der Waals surface area (Å²) in [5.74, 6) is 2.29. The molecule has 0 aliphatic heterocycles. The van der Waals surface area contributed by atoms with Gasteiger partial charge in [0.15, 0.2) is 0 Å². The Balaban J connectivity index is 2.14. The Morgan fingerprint density at radius 1 is 0.944 bits per heavy atom. The molecule has 0 radical (unpaired) electrons. The van der Waals surface area contributed by atoms with E-state index < -0.39 is 0 Å². The van der Waals surface area contributed by atoms with E-state index in [1.807, 2.05) is 24.3 Å². The van der Waals surface area contributed by atoms with Crippen molar-refractivity contribution in [3.05, 3.63) is 35.4 Å². The number of fused-ring (bicyclic) bond motifs is 6. The molecule has 2 heteroatoms. The highest BCUT2D eigenvalue weighted by Gasteiger charge is 2.45. The third kappa shape index (κ3) is 1.04. The Labute approximate surface area is 106 Å². The summed E-state index contributed by atoms with van der Waals surface area (Å²) in [4.78, 5) is 0. The standard InChI is InChI=1S/C16H16O2/c1-8-6-9-7-12(8)14-13(9)15(17)10-4-2-3-5-11(10)16(14)18/h2-5,8-9,12,17-18H,6-7H2,1H3. The van der Waals surface area contributed by atoms with Gasteiger partial charge in [0.25, 0.3) is 0 Å². The third-order valence-corrected chi connectivity index (χ3v) is 4.90. The summed E-state index contributed by atoms with van der Waals surface area (Å²) < 4.78 is 0. The molecule has 3 unspecified atom stereocenters. The van der Waals surface area contributed by atoms with Crippen LogP contribution in [-0.2, 0) is 0 Å². The lowest BCUT2D eigenvalue weighted by atomic mass is 9.82. The Bertz CT molecular complexity index is 660. The van der Waals surface area contributed by atoms with Gasteiger partial charge in [0.2, 0.25) is 0 Å². The van der Waals surface area contributed by atoms with Crippen LogP contribution < -0.4 is 0 Å². The third-order valence-electron chi connectivity index (χ3n) is 4.90. The molecule has 2 aromatic rings. The Morgan fingerprint density at radius 3 is 2.22 bits per heavy atom. The molecule has 0 saturated heterocycles. The van der Waals surface area contributed by atoms with Crippen molar-refractivity contribution in [2.45, 2.75) is 31.6 Å². The van der Waals surface area contributed by atoms with E-state index in [0.717, 1.165) is 34.7 Å². The normalized spacial score (nSPS) is 28.8. The minimum atomic E-state index is 0.400. The average molecular weight is 240 g/mol. The number of benzene rings is 2. The zero-order chi connectivity index (χ0) is 12.4. The lowest BCUT2D eigenvalue weighted by Gasteiger charge is -2.24. The van der Waals surface area contributed by atoms with Gasteiger partial charge in [0.05, 0.1) is 0 Å². The van der Waals surface area contributed by atoms with Gasteiger partial charge in [0, 0.05) is 21.9 Å². The maximum absolute atomic E-state index is 10.5. The molecule has 2 aromatic carbocycles. The first-order valence-corrected chi connectivity index (χ1v) is 6.65. The highest BCUT2D eigenvalue weighted by atomic mass is 16.3. The summed E-state index contributed by atoms with van der Waals surface area (Å²) in [6.07, 6.45) is 2.23. The number of hydrogen-bond donors (Lipinski definition) is 2. The van der Waals surface area contributed by atoms with E-state index in [0.29, 0.717) is 29.3 Å². The molecule has 2 nitrogen and oxygen atoms in total. The summed E-state index contributed by atoms with van der Waals surface area (Å²) >= 11 is 0. The molecule has 0 amide bonds. The number of hydrogen-bond acceptors (Lipinski definition) is 2. The van der Waals surface area contributed by atoms with E-state index in [9.17, 15) is 10.2 Å². The average Bonchev–Trinajstić information content (AvgIpc) is 2.92. The van der Waals surface area contributed by atoms with Gasteiger partial charge in [-0.25, -0.2) is 0 Å². The first-order chi connectivity index (χ1) is 8.68. The summed E-state index contributed by atoms with van der Waals surface area (Å²) in [6, 6.07) is 7.59. The van der Waals surface area contributed by atoms with E-state index in [-0.39, 0.29) is 0 Å². The molecule has 0 spiro atoms. The van der Waals surface area contributed by atoms with Crippen molar-refractivity contribution < 1.29 is 10.2 Å². The number of phenolic OH excluding ortho intramolecular Hbond substituents is 2. The van der Waals surface area contributed by atoms with E-state index in [1.165, 1.54) is 0 Å². The van der Waals surface area contributed by atoms with Crippen LogP contribution in [0.15, 0.2) is 24.3 Å². The molecule has 2 N–H and O–H groups in total. The Morgan fingerprint density at radius 2 is 1.56 bits per heavy atom. The van der Waals surface area contributed by atoms with Gasteiger partial charge < -0.3 is 10.2 Å². The van der Waals surface area contributed by atoms with Crippen molar-refractivity contribution in [2.24, 2.45) is 5.92 Å². The summed E-state index contributed by atoms with van der Waals surface area (Å²) in [6.45, 7) is 2.25. The lowest BCUT2D eigenvalue weighted by molar-refractivity contribution is 0.431. The van der Waals surface area contributed by atoms with E-state index >= 15 is 0 Å². The number of rotatable bonds is 0. The minimum Gasteiger partial charge on any atom is -0.507 e. The second-order valence-electron chi connectivity index (χ2n) is 5.82. The molecule has 3 atom stereocenters. The van der Waals surface area contributed by atoms with Gasteiger partial charge in [-0.3, -0.25) is 0 Å². The minimum absolute atomic E-state index is 0.400. The lowest BCUT2D eigenvalue weighted by Crippen LogP contribution is -2.08. The van der Waals surface area contributed by atoms with Crippen molar-refractivity contribution in [2.75, 3.05) is 0 Å². The molecular formula is C16H16O2. The van der Waals surface area contributed by atoms with Crippen molar-refractivity contribution in [1.82, 2.24) is 0 Å². The van der Waals surface area contributed by atoms with E-state index in [4.69, 9.17) is 0 Å². The van der Waals surface area contributed by atoms with Gasteiger partial charge in [-0.15, -0.1) is 0 Å². The van der Waals surface area contributed by atoms with Crippen LogP contribution in [0.5, 0.6) is 11.5 Å². The van der Waals surface area contributed by atoms with E-state index in [1.54, 1.807) is 0 Å². The summed E-state index contributed by atoms with van der Waals surface area (Å²) in [5, 5.41) is 22.6. The van der Waals surface area contributed by atoms with Crippen LogP contribution in [0.4, 0.5) is 0 Å². The van der Waals surface area contributed by atoms with E-state index in [2.05, 4.69) is 6.92 Å². The van der Waals surface area contributed by atoms with Crippen LogP contribution in [0.3, 0.4) is 0 Å². The molecule has 1 fully saturated rings. The fourth-order valence-corrected chi connectivity index (χ4v) is 4.12. The first-order valence-electron chi connectivity index (χ1n) is 6.65. The molecule has 92 valence electrons. The molecule has 2 aliphatic carbocycles. The summed E-state index contributed by atoms with van der Waals surface area (Å²) in [7, 11) is 0. The molecule has 18 heavy (non-hydrogen) atoms. The van der Waals surface area contributed by atoms with Gasteiger partial charge in [0.1, 0.15) is 11.5 Å². The van der Waals surface area contributed by atoms with Crippen LogP contribution in [-0.4, -0.2) is 10.2 Å². The van der Waals surface area contributed by atoms with Gasteiger partial charge in [-0.05, 0) is 30.6 Å². The van der Waals surface area contributed by atoms with Crippen LogP contribution in [0.2, 0.25) is 0 Å². The Kier molecular flexibility index (Phi) is 1.82. The van der Waals surface area contributed by atoms with Crippen molar-refractivity contribution in [3.8, 4) is 11.5 Å². The van der Waals surface area contributed by atoms with Gasteiger partial charge in [-0.1, -0.05) is 31.2 Å². The molecular weight excluding hydrogens is 224 g/mol. The molecule has 2 aliphatic rings. The van der Waals surface area contributed by atoms with Crippen LogP contribution in [0.1, 0.15) is 42.7 Å². The maximum Gasteiger partial charge on any atom is 0.127 e. The predicted molar refractivity (Wildman–Crippen MR) is 71.2 cm³/mol. The second-order valence-corrected chi connectivity index (χ2v) is 5.82.